The van der Waals surface area contributed by atoms with Crippen molar-refractivity contribution in [2.45, 2.75) is 65.2 Å². The van der Waals surface area contributed by atoms with Crippen LogP contribution in [-0.2, 0) is 4.79 Å². The molecular formula is C20H30O3. The zero-order valence-electron chi connectivity index (χ0n) is 14.8. The standard InChI is InChI=1S/C20H30O3/c1-4-6-7-8-9-10-11-13-20(21)23-18-15-14-17(12-5-2)16-19(18)22-3/h5,12,14-16H,4,6-11,13H2,1-3H3. The fourth-order valence-corrected chi connectivity index (χ4v) is 2.46. The molecule has 3 nitrogen and oxygen atoms in total. The SMILES string of the molecule is CC=Cc1ccc(OC(=O)CCCCCCCCC)c(OC)c1. The number of benzene rings is 1. The first kappa shape index (κ1) is 19.3. The number of allylic oxidation sites excluding steroid dienone is 1. The van der Waals surface area contributed by atoms with E-state index in [9.17, 15) is 4.79 Å². The van der Waals surface area contributed by atoms with Crippen LogP contribution in [0.5, 0.6) is 11.5 Å². The number of carbonyl (C=O) groups excluding carboxylic acids is 1. The van der Waals surface area contributed by atoms with E-state index >= 15 is 0 Å². The van der Waals surface area contributed by atoms with Crippen molar-refractivity contribution in [1.29, 1.82) is 0 Å². The Morgan fingerprint density at radius 3 is 2.39 bits per heavy atom. The molecule has 0 radical (unpaired) electrons. The average Bonchev–Trinajstić information content (AvgIpc) is 2.55. The quantitative estimate of drug-likeness (QED) is 0.295. The fourth-order valence-electron chi connectivity index (χ4n) is 2.46. The molecule has 1 aromatic carbocycles. The number of methoxy groups -OCH3 is 1. The Hall–Kier alpha value is -1.77. The van der Waals surface area contributed by atoms with Crippen LogP contribution in [0.3, 0.4) is 0 Å². The Kier molecular flexibility index (Phi) is 9.85. The third-order valence-electron chi connectivity index (χ3n) is 3.76. The van der Waals surface area contributed by atoms with Crippen LogP contribution in [0.25, 0.3) is 6.08 Å². The summed E-state index contributed by atoms with van der Waals surface area (Å²) in [6.07, 6.45) is 12.7. The van der Waals surface area contributed by atoms with Crippen LogP contribution in [0.4, 0.5) is 0 Å². The van der Waals surface area contributed by atoms with Crippen molar-refractivity contribution >= 4 is 12.0 Å². The highest BCUT2D eigenvalue weighted by Crippen LogP contribution is 2.29. The number of esters is 1. The first-order valence-corrected chi connectivity index (χ1v) is 8.72. The van der Waals surface area contributed by atoms with Gasteiger partial charge in [0.15, 0.2) is 11.5 Å². The predicted molar refractivity (Wildman–Crippen MR) is 95.9 cm³/mol. The lowest BCUT2D eigenvalue weighted by Crippen LogP contribution is -2.08. The molecule has 0 fully saturated rings. The molecule has 1 rings (SSSR count). The molecule has 23 heavy (non-hydrogen) atoms. The highest BCUT2D eigenvalue weighted by atomic mass is 16.6. The Labute approximate surface area is 140 Å². The van der Waals surface area contributed by atoms with Gasteiger partial charge in [-0.1, -0.05) is 63.7 Å². The lowest BCUT2D eigenvalue weighted by atomic mass is 10.1. The van der Waals surface area contributed by atoms with Crippen LogP contribution >= 0.6 is 0 Å². The molecule has 0 unspecified atom stereocenters. The van der Waals surface area contributed by atoms with Gasteiger partial charge in [-0.3, -0.25) is 4.79 Å². The van der Waals surface area contributed by atoms with Gasteiger partial charge in [0.25, 0.3) is 0 Å². The van der Waals surface area contributed by atoms with Crippen LogP contribution in [0.1, 0.15) is 70.8 Å². The molecule has 0 heterocycles. The van der Waals surface area contributed by atoms with E-state index in [0.29, 0.717) is 17.9 Å². The van der Waals surface area contributed by atoms with E-state index in [2.05, 4.69) is 6.92 Å². The van der Waals surface area contributed by atoms with E-state index in [4.69, 9.17) is 9.47 Å². The van der Waals surface area contributed by atoms with Gasteiger partial charge in [-0.05, 0) is 31.0 Å². The maximum absolute atomic E-state index is 11.9. The van der Waals surface area contributed by atoms with Crippen molar-refractivity contribution in [3.63, 3.8) is 0 Å². The first-order chi connectivity index (χ1) is 11.2. The van der Waals surface area contributed by atoms with Gasteiger partial charge in [-0.25, -0.2) is 0 Å². The summed E-state index contributed by atoms with van der Waals surface area (Å²) in [4.78, 5) is 11.9. The molecule has 0 amide bonds. The molecule has 0 aromatic heterocycles. The minimum atomic E-state index is -0.185. The summed E-state index contributed by atoms with van der Waals surface area (Å²) in [6.45, 7) is 4.18. The Morgan fingerprint density at radius 2 is 1.74 bits per heavy atom. The van der Waals surface area contributed by atoms with Crippen LogP contribution in [-0.4, -0.2) is 13.1 Å². The molecule has 0 aliphatic carbocycles. The van der Waals surface area contributed by atoms with Crippen molar-refractivity contribution in [3.05, 3.63) is 29.8 Å². The molecule has 0 atom stereocenters. The maximum atomic E-state index is 11.9. The van der Waals surface area contributed by atoms with E-state index in [1.54, 1.807) is 13.2 Å². The zero-order chi connectivity index (χ0) is 16.9. The summed E-state index contributed by atoms with van der Waals surface area (Å²) in [5, 5.41) is 0. The summed E-state index contributed by atoms with van der Waals surface area (Å²) in [5.41, 5.74) is 1.02. The van der Waals surface area contributed by atoms with Crippen molar-refractivity contribution < 1.29 is 14.3 Å². The van der Waals surface area contributed by atoms with Crippen LogP contribution < -0.4 is 9.47 Å². The van der Waals surface area contributed by atoms with Crippen molar-refractivity contribution in [2.24, 2.45) is 0 Å². The van der Waals surface area contributed by atoms with E-state index in [0.717, 1.165) is 18.4 Å². The lowest BCUT2D eigenvalue weighted by molar-refractivity contribution is -0.134. The van der Waals surface area contributed by atoms with Gasteiger partial charge >= 0.3 is 5.97 Å². The Bertz CT molecular complexity index is 492. The Balaban J connectivity index is 2.36. The van der Waals surface area contributed by atoms with Gasteiger partial charge < -0.3 is 9.47 Å². The molecule has 128 valence electrons. The minimum absolute atomic E-state index is 0.185. The first-order valence-electron chi connectivity index (χ1n) is 8.72. The van der Waals surface area contributed by atoms with Gasteiger partial charge in [0, 0.05) is 6.42 Å². The van der Waals surface area contributed by atoms with Crippen molar-refractivity contribution in [1.82, 2.24) is 0 Å². The maximum Gasteiger partial charge on any atom is 0.311 e. The normalized spacial score (nSPS) is 10.9. The van der Waals surface area contributed by atoms with Gasteiger partial charge in [-0.2, -0.15) is 0 Å². The third-order valence-corrected chi connectivity index (χ3v) is 3.76. The number of hydrogen-bond acceptors (Lipinski definition) is 3. The van der Waals surface area contributed by atoms with E-state index in [1.165, 1.54) is 32.1 Å². The minimum Gasteiger partial charge on any atom is -0.493 e. The van der Waals surface area contributed by atoms with E-state index in [-0.39, 0.29) is 5.97 Å². The third kappa shape index (κ3) is 7.87. The van der Waals surface area contributed by atoms with Crippen molar-refractivity contribution in [2.75, 3.05) is 7.11 Å². The summed E-state index contributed by atoms with van der Waals surface area (Å²) in [5.74, 6) is 0.901. The summed E-state index contributed by atoms with van der Waals surface area (Å²) in [6, 6.07) is 5.58. The van der Waals surface area contributed by atoms with E-state index in [1.807, 2.05) is 31.2 Å². The van der Waals surface area contributed by atoms with Crippen LogP contribution in [0.2, 0.25) is 0 Å². The van der Waals surface area contributed by atoms with Gasteiger partial charge in [0.1, 0.15) is 0 Å². The highest BCUT2D eigenvalue weighted by Gasteiger charge is 2.10. The summed E-state index contributed by atoms with van der Waals surface area (Å²) in [7, 11) is 1.59. The summed E-state index contributed by atoms with van der Waals surface area (Å²) < 4.78 is 10.7. The molecule has 0 saturated carbocycles. The molecule has 3 heteroatoms. The Morgan fingerprint density at radius 1 is 1.04 bits per heavy atom. The number of ether oxygens (including phenoxy) is 2. The number of carbonyl (C=O) groups is 1. The topological polar surface area (TPSA) is 35.5 Å². The molecule has 0 bridgehead atoms. The molecule has 0 aliphatic heterocycles. The second-order valence-electron chi connectivity index (χ2n) is 5.76. The predicted octanol–water partition coefficient (Wildman–Crippen LogP) is 5.77. The second-order valence-corrected chi connectivity index (χ2v) is 5.76. The molecule has 1 aromatic rings. The molecule has 0 N–H and O–H groups in total. The van der Waals surface area contributed by atoms with Gasteiger partial charge in [0.05, 0.1) is 7.11 Å². The zero-order valence-corrected chi connectivity index (χ0v) is 14.8. The average molecular weight is 318 g/mol. The summed E-state index contributed by atoms with van der Waals surface area (Å²) >= 11 is 0. The van der Waals surface area contributed by atoms with Gasteiger partial charge in [-0.15, -0.1) is 0 Å². The van der Waals surface area contributed by atoms with Gasteiger partial charge in [0.2, 0.25) is 0 Å². The van der Waals surface area contributed by atoms with E-state index < -0.39 is 0 Å². The fraction of sp³-hybridized carbons (Fsp3) is 0.550. The number of hydrogen-bond donors (Lipinski definition) is 0. The molecule has 0 aliphatic rings. The van der Waals surface area contributed by atoms with Crippen LogP contribution in [0, 0.1) is 0 Å². The van der Waals surface area contributed by atoms with Crippen LogP contribution in [0.15, 0.2) is 24.3 Å². The molecule has 0 spiro atoms. The monoisotopic (exact) mass is 318 g/mol. The largest absolute Gasteiger partial charge is 0.493 e. The number of rotatable bonds is 11. The number of unbranched alkanes of at least 4 members (excludes halogenated alkanes) is 6. The second kappa shape index (κ2) is 11.8. The highest BCUT2D eigenvalue weighted by molar-refractivity contribution is 5.73. The van der Waals surface area contributed by atoms with Crippen molar-refractivity contribution in [3.8, 4) is 11.5 Å². The molecule has 0 saturated heterocycles. The smallest absolute Gasteiger partial charge is 0.311 e. The lowest BCUT2D eigenvalue weighted by Gasteiger charge is -2.10. The molecular weight excluding hydrogens is 288 g/mol.